The third-order valence-electron chi connectivity index (χ3n) is 3.23. The zero-order chi connectivity index (χ0) is 17.4. The summed E-state index contributed by atoms with van der Waals surface area (Å²) in [5.41, 5.74) is 1.84. The molecule has 7 heteroatoms. The largest absolute Gasteiger partial charge is 0.357 e. The summed E-state index contributed by atoms with van der Waals surface area (Å²) in [6.45, 7) is 4.11. The lowest BCUT2D eigenvalue weighted by Gasteiger charge is -2.10. The zero-order valence-corrected chi connectivity index (χ0v) is 15.6. The molecule has 130 valence electrons. The molecule has 0 atom stereocenters. The van der Waals surface area contributed by atoms with Gasteiger partial charge in [0, 0.05) is 17.7 Å². The third kappa shape index (κ3) is 6.72. The molecule has 1 aromatic carbocycles. The minimum absolute atomic E-state index is 0.0710. The Morgan fingerprint density at radius 2 is 1.83 bits per heavy atom. The second-order valence-electron chi connectivity index (χ2n) is 5.51. The van der Waals surface area contributed by atoms with Crippen molar-refractivity contribution in [3.63, 3.8) is 0 Å². The van der Waals surface area contributed by atoms with E-state index >= 15 is 0 Å². The predicted octanol–water partition coefficient (Wildman–Crippen LogP) is 2.55. The first-order chi connectivity index (χ1) is 11.5. The van der Waals surface area contributed by atoms with E-state index in [4.69, 9.17) is 0 Å². The van der Waals surface area contributed by atoms with Crippen molar-refractivity contribution < 1.29 is 8.42 Å². The van der Waals surface area contributed by atoms with Crippen LogP contribution in [0.3, 0.4) is 0 Å². The Balaban J connectivity index is 1.94. The molecule has 1 heterocycles. The SMILES string of the molecule is CCNC(=NCc1ccc(CS(C)(=O)=O)cc1)NCc1cccs1. The maximum Gasteiger partial charge on any atom is 0.191 e. The van der Waals surface area contributed by atoms with Gasteiger partial charge in [-0.2, -0.15) is 0 Å². The molecule has 0 fully saturated rings. The number of nitrogens with zero attached hydrogens (tertiary/aromatic N) is 1. The van der Waals surface area contributed by atoms with Gasteiger partial charge in [-0.3, -0.25) is 0 Å². The molecular formula is C17H23N3O2S2. The number of hydrogen-bond donors (Lipinski definition) is 2. The number of hydrogen-bond acceptors (Lipinski definition) is 4. The van der Waals surface area contributed by atoms with Crippen LogP contribution in [0.1, 0.15) is 22.9 Å². The van der Waals surface area contributed by atoms with Crippen molar-refractivity contribution in [3.05, 3.63) is 57.8 Å². The van der Waals surface area contributed by atoms with E-state index in [1.54, 1.807) is 11.3 Å². The molecule has 2 N–H and O–H groups in total. The van der Waals surface area contributed by atoms with E-state index in [-0.39, 0.29) is 5.75 Å². The Morgan fingerprint density at radius 1 is 1.12 bits per heavy atom. The summed E-state index contributed by atoms with van der Waals surface area (Å²) >= 11 is 1.71. The average Bonchev–Trinajstić information content (AvgIpc) is 3.03. The smallest absolute Gasteiger partial charge is 0.191 e. The molecule has 2 aromatic rings. The van der Waals surface area contributed by atoms with Gasteiger partial charge in [0.15, 0.2) is 15.8 Å². The highest BCUT2D eigenvalue weighted by Crippen LogP contribution is 2.09. The first kappa shape index (κ1) is 18.5. The van der Waals surface area contributed by atoms with Crippen molar-refractivity contribution in [3.8, 4) is 0 Å². The number of nitrogens with one attached hydrogen (secondary N) is 2. The fourth-order valence-electron chi connectivity index (χ4n) is 2.14. The normalized spacial score (nSPS) is 12.2. The molecule has 0 spiro atoms. The molecule has 0 aliphatic carbocycles. The Bertz CT molecular complexity index is 752. The van der Waals surface area contributed by atoms with E-state index in [9.17, 15) is 8.42 Å². The lowest BCUT2D eigenvalue weighted by molar-refractivity contribution is 0.601. The summed E-state index contributed by atoms with van der Waals surface area (Å²) in [7, 11) is -3.00. The van der Waals surface area contributed by atoms with E-state index in [0.717, 1.165) is 30.2 Å². The van der Waals surface area contributed by atoms with Crippen molar-refractivity contribution >= 4 is 27.1 Å². The van der Waals surface area contributed by atoms with Gasteiger partial charge in [0.1, 0.15) is 0 Å². The minimum atomic E-state index is -3.00. The van der Waals surface area contributed by atoms with E-state index in [1.165, 1.54) is 11.1 Å². The summed E-state index contributed by atoms with van der Waals surface area (Å²) in [6, 6.07) is 11.7. The predicted molar refractivity (Wildman–Crippen MR) is 101 cm³/mol. The van der Waals surface area contributed by atoms with Gasteiger partial charge in [0.25, 0.3) is 0 Å². The topological polar surface area (TPSA) is 70.6 Å². The summed E-state index contributed by atoms with van der Waals surface area (Å²) in [5.74, 6) is 0.841. The Labute approximate surface area is 147 Å². The van der Waals surface area contributed by atoms with Crippen LogP contribution in [-0.4, -0.2) is 27.2 Å². The Morgan fingerprint density at radius 3 is 2.42 bits per heavy atom. The van der Waals surface area contributed by atoms with Crippen molar-refractivity contribution in [1.29, 1.82) is 0 Å². The van der Waals surface area contributed by atoms with Crippen LogP contribution in [0.2, 0.25) is 0 Å². The van der Waals surface area contributed by atoms with Gasteiger partial charge in [0.05, 0.1) is 18.8 Å². The summed E-state index contributed by atoms with van der Waals surface area (Å²) in [5, 5.41) is 8.58. The molecule has 24 heavy (non-hydrogen) atoms. The average molecular weight is 366 g/mol. The molecular weight excluding hydrogens is 342 g/mol. The highest BCUT2D eigenvalue weighted by molar-refractivity contribution is 7.89. The first-order valence-corrected chi connectivity index (χ1v) is 10.7. The highest BCUT2D eigenvalue weighted by atomic mass is 32.2. The van der Waals surface area contributed by atoms with Gasteiger partial charge >= 0.3 is 0 Å². The van der Waals surface area contributed by atoms with E-state index in [0.29, 0.717) is 6.54 Å². The van der Waals surface area contributed by atoms with Crippen LogP contribution >= 0.6 is 11.3 Å². The van der Waals surface area contributed by atoms with Gasteiger partial charge in [-0.25, -0.2) is 13.4 Å². The maximum absolute atomic E-state index is 11.3. The van der Waals surface area contributed by atoms with Crippen molar-refractivity contribution in [2.75, 3.05) is 12.8 Å². The molecule has 1 aromatic heterocycles. The molecule has 0 unspecified atom stereocenters. The lowest BCUT2D eigenvalue weighted by atomic mass is 10.1. The molecule has 0 aliphatic rings. The highest BCUT2D eigenvalue weighted by Gasteiger charge is 2.04. The van der Waals surface area contributed by atoms with Gasteiger partial charge in [-0.05, 0) is 29.5 Å². The monoisotopic (exact) mass is 365 g/mol. The van der Waals surface area contributed by atoms with Crippen LogP contribution in [0, 0.1) is 0 Å². The number of rotatable bonds is 7. The van der Waals surface area contributed by atoms with Gasteiger partial charge < -0.3 is 10.6 Å². The fourth-order valence-corrected chi connectivity index (χ4v) is 3.58. The van der Waals surface area contributed by atoms with Crippen molar-refractivity contribution in [1.82, 2.24) is 10.6 Å². The Kier molecular flexibility index (Phi) is 6.81. The van der Waals surface area contributed by atoms with Crippen LogP contribution in [0.4, 0.5) is 0 Å². The number of sulfone groups is 1. The molecule has 2 rings (SSSR count). The van der Waals surface area contributed by atoms with E-state index < -0.39 is 9.84 Å². The van der Waals surface area contributed by atoms with Crippen LogP contribution in [0.25, 0.3) is 0 Å². The molecule has 0 radical (unpaired) electrons. The fraction of sp³-hybridized carbons (Fsp3) is 0.353. The van der Waals surface area contributed by atoms with Crippen LogP contribution < -0.4 is 10.6 Å². The molecule has 0 aliphatic heterocycles. The number of benzene rings is 1. The number of thiophene rings is 1. The van der Waals surface area contributed by atoms with Crippen molar-refractivity contribution in [2.45, 2.75) is 25.8 Å². The maximum atomic E-state index is 11.3. The standard InChI is InChI=1S/C17H23N3O2S2/c1-3-18-17(20-12-16-5-4-10-23-16)19-11-14-6-8-15(9-7-14)13-24(2,21)22/h4-10H,3,11-13H2,1-2H3,(H2,18,19,20). The summed E-state index contributed by atoms with van der Waals surface area (Å²) in [4.78, 5) is 5.82. The van der Waals surface area contributed by atoms with Gasteiger partial charge in [-0.15, -0.1) is 11.3 Å². The minimum Gasteiger partial charge on any atom is -0.357 e. The van der Waals surface area contributed by atoms with E-state index in [2.05, 4.69) is 27.1 Å². The number of guanidine groups is 1. The quantitative estimate of drug-likeness (QED) is 0.584. The van der Waals surface area contributed by atoms with Crippen LogP contribution in [0.5, 0.6) is 0 Å². The van der Waals surface area contributed by atoms with Crippen LogP contribution in [0.15, 0.2) is 46.8 Å². The molecule has 0 saturated carbocycles. The Hall–Kier alpha value is -1.86. The number of aliphatic imine (C=N–C) groups is 1. The zero-order valence-electron chi connectivity index (χ0n) is 14.0. The molecule has 0 saturated heterocycles. The lowest BCUT2D eigenvalue weighted by Crippen LogP contribution is -2.36. The second kappa shape index (κ2) is 8.84. The second-order valence-corrected chi connectivity index (χ2v) is 8.69. The molecule has 0 amide bonds. The van der Waals surface area contributed by atoms with Crippen LogP contribution in [-0.2, 0) is 28.7 Å². The van der Waals surface area contributed by atoms with E-state index in [1.807, 2.05) is 37.3 Å². The van der Waals surface area contributed by atoms with Gasteiger partial charge in [0.2, 0.25) is 0 Å². The molecule has 0 bridgehead atoms. The molecule has 5 nitrogen and oxygen atoms in total. The summed E-state index contributed by atoms with van der Waals surface area (Å²) < 4.78 is 22.6. The first-order valence-electron chi connectivity index (χ1n) is 7.76. The van der Waals surface area contributed by atoms with Crippen molar-refractivity contribution in [2.24, 2.45) is 4.99 Å². The summed E-state index contributed by atoms with van der Waals surface area (Å²) in [6.07, 6.45) is 1.24. The van der Waals surface area contributed by atoms with Gasteiger partial charge in [-0.1, -0.05) is 30.3 Å². The third-order valence-corrected chi connectivity index (χ3v) is 4.96.